The molecule has 0 aromatic heterocycles. The Bertz CT molecular complexity index is 735. The van der Waals surface area contributed by atoms with Gasteiger partial charge in [0.2, 0.25) is 5.91 Å². The van der Waals surface area contributed by atoms with Gasteiger partial charge in [0.1, 0.15) is 0 Å². The first-order chi connectivity index (χ1) is 12.5. The second-order valence-corrected chi connectivity index (χ2v) is 9.31. The first-order valence-corrected chi connectivity index (χ1v) is 11.0. The molecule has 0 bridgehead atoms. The number of rotatable bonds is 5. The van der Waals surface area contributed by atoms with E-state index in [9.17, 15) is 13.2 Å². The van der Waals surface area contributed by atoms with E-state index in [4.69, 9.17) is 11.6 Å². The molecule has 0 saturated carbocycles. The Morgan fingerprint density at radius 1 is 1.08 bits per heavy atom. The zero-order valence-electron chi connectivity index (χ0n) is 14.9. The molecule has 2 saturated heterocycles. The van der Waals surface area contributed by atoms with Gasteiger partial charge in [-0.25, -0.2) is 0 Å². The number of nitrogens with one attached hydrogen (secondary N) is 1. The summed E-state index contributed by atoms with van der Waals surface area (Å²) in [6.45, 7) is 2.28. The summed E-state index contributed by atoms with van der Waals surface area (Å²) in [6.07, 6.45) is 4.32. The van der Waals surface area contributed by atoms with Gasteiger partial charge in [0.25, 0.3) is 10.2 Å². The van der Waals surface area contributed by atoms with E-state index in [2.05, 4.69) is 5.32 Å². The standard InChI is InChI=1S/C18H26ClN3O3S/c19-17-9-3-2-7-15(17)13-20-18(23)16-8-6-12-22(14-16)26(24,25)21-10-4-1-5-11-21/h2-3,7,9,16H,1,4-6,8,10-14H2,(H,20,23). The van der Waals surface area contributed by atoms with Crippen molar-refractivity contribution in [3.63, 3.8) is 0 Å². The first-order valence-electron chi connectivity index (χ1n) is 9.25. The van der Waals surface area contributed by atoms with Crippen LogP contribution in [0.5, 0.6) is 0 Å². The maximum atomic E-state index is 12.8. The molecular weight excluding hydrogens is 374 g/mol. The minimum Gasteiger partial charge on any atom is -0.352 e. The molecule has 1 aromatic carbocycles. The van der Waals surface area contributed by atoms with Gasteiger partial charge in [0.05, 0.1) is 5.92 Å². The lowest BCUT2D eigenvalue weighted by Gasteiger charge is -2.36. The van der Waals surface area contributed by atoms with Gasteiger partial charge in [-0.2, -0.15) is 17.0 Å². The number of amides is 1. The monoisotopic (exact) mass is 399 g/mol. The van der Waals surface area contributed by atoms with Gasteiger partial charge >= 0.3 is 0 Å². The van der Waals surface area contributed by atoms with Crippen molar-refractivity contribution in [2.24, 2.45) is 5.92 Å². The van der Waals surface area contributed by atoms with E-state index in [1.54, 1.807) is 10.4 Å². The third-order valence-corrected chi connectivity index (χ3v) is 7.50. The average molecular weight is 400 g/mol. The number of carbonyl (C=O) groups excluding carboxylic acids is 1. The van der Waals surface area contributed by atoms with Crippen LogP contribution < -0.4 is 5.32 Å². The van der Waals surface area contributed by atoms with Gasteiger partial charge in [-0.1, -0.05) is 36.2 Å². The lowest BCUT2D eigenvalue weighted by molar-refractivity contribution is -0.126. The molecule has 0 spiro atoms. The molecule has 2 heterocycles. The minimum atomic E-state index is -3.46. The van der Waals surface area contributed by atoms with Crippen molar-refractivity contribution in [1.82, 2.24) is 13.9 Å². The van der Waals surface area contributed by atoms with Gasteiger partial charge in [-0.3, -0.25) is 4.79 Å². The predicted molar refractivity (Wildman–Crippen MR) is 102 cm³/mol. The Morgan fingerprint density at radius 3 is 2.50 bits per heavy atom. The topological polar surface area (TPSA) is 69.7 Å². The predicted octanol–water partition coefficient (Wildman–Crippen LogP) is 2.40. The summed E-state index contributed by atoms with van der Waals surface area (Å²) < 4.78 is 28.7. The second kappa shape index (κ2) is 8.69. The van der Waals surface area contributed by atoms with Crippen molar-refractivity contribution in [3.8, 4) is 0 Å². The molecule has 26 heavy (non-hydrogen) atoms. The summed E-state index contributed by atoms with van der Waals surface area (Å²) in [5.74, 6) is -0.422. The highest BCUT2D eigenvalue weighted by Gasteiger charge is 2.36. The van der Waals surface area contributed by atoms with Crippen molar-refractivity contribution in [2.45, 2.75) is 38.6 Å². The van der Waals surface area contributed by atoms with Crippen molar-refractivity contribution in [3.05, 3.63) is 34.9 Å². The summed E-state index contributed by atoms with van der Waals surface area (Å²) in [5.41, 5.74) is 0.858. The summed E-state index contributed by atoms with van der Waals surface area (Å²) in [6, 6.07) is 7.38. The summed E-state index contributed by atoms with van der Waals surface area (Å²) in [7, 11) is -3.46. The molecule has 6 nitrogen and oxygen atoms in total. The Morgan fingerprint density at radius 2 is 1.77 bits per heavy atom. The Labute approximate surface area is 160 Å². The summed E-state index contributed by atoms with van der Waals surface area (Å²) in [4.78, 5) is 12.5. The summed E-state index contributed by atoms with van der Waals surface area (Å²) in [5, 5.41) is 3.52. The molecule has 1 unspecified atom stereocenters. The average Bonchev–Trinajstić information content (AvgIpc) is 2.68. The zero-order valence-corrected chi connectivity index (χ0v) is 16.4. The molecule has 3 rings (SSSR count). The smallest absolute Gasteiger partial charge is 0.281 e. The summed E-state index contributed by atoms with van der Waals surface area (Å²) >= 11 is 6.12. The van der Waals surface area contributed by atoms with Gasteiger partial charge in [0.15, 0.2) is 0 Å². The molecular formula is C18H26ClN3O3S. The fraction of sp³-hybridized carbons (Fsp3) is 0.611. The molecule has 0 radical (unpaired) electrons. The van der Waals surface area contributed by atoms with Crippen LogP contribution in [0.3, 0.4) is 0 Å². The number of hydrogen-bond donors (Lipinski definition) is 1. The van der Waals surface area contributed by atoms with Crippen LogP contribution in [0.15, 0.2) is 24.3 Å². The molecule has 1 N–H and O–H groups in total. The van der Waals surface area contributed by atoms with E-state index >= 15 is 0 Å². The van der Waals surface area contributed by atoms with E-state index in [0.717, 1.165) is 24.8 Å². The normalized spacial score (nSPS) is 22.9. The number of halogens is 1. The molecule has 2 fully saturated rings. The third kappa shape index (κ3) is 4.57. The number of benzene rings is 1. The van der Waals surface area contributed by atoms with Gasteiger partial charge in [-0.05, 0) is 37.3 Å². The van der Waals surface area contributed by atoms with Gasteiger partial charge < -0.3 is 5.32 Å². The van der Waals surface area contributed by atoms with Crippen molar-refractivity contribution >= 4 is 27.7 Å². The Hall–Kier alpha value is -1.15. The van der Waals surface area contributed by atoms with E-state index in [1.165, 1.54) is 4.31 Å². The SMILES string of the molecule is O=C(NCc1ccccc1Cl)C1CCCN(S(=O)(=O)N2CCCCC2)C1. The van der Waals surface area contributed by atoms with Crippen LogP contribution in [-0.4, -0.2) is 49.1 Å². The van der Waals surface area contributed by atoms with Gasteiger partial charge in [0, 0.05) is 37.7 Å². The maximum absolute atomic E-state index is 12.8. The fourth-order valence-corrected chi connectivity index (χ4v) is 5.57. The number of hydrogen-bond acceptors (Lipinski definition) is 3. The van der Waals surface area contributed by atoms with Crippen LogP contribution in [0, 0.1) is 5.92 Å². The molecule has 1 atom stereocenters. The third-order valence-electron chi connectivity index (χ3n) is 5.13. The molecule has 144 valence electrons. The highest BCUT2D eigenvalue weighted by molar-refractivity contribution is 7.86. The van der Waals surface area contributed by atoms with Crippen LogP contribution in [0.4, 0.5) is 0 Å². The first kappa shape index (κ1) is 19.6. The van der Waals surface area contributed by atoms with Gasteiger partial charge in [-0.15, -0.1) is 0 Å². The molecule has 1 aromatic rings. The van der Waals surface area contributed by atoms with Crippen LogP contribution >= 0.6 is 11.6 Å². The van der Waals surface area contributed by atoms with Crippen molar-refractivity contribution in [1.29, 1.82) is 0 Å². The van der Waals surface area contributed by atoms with Crippen LogP contribution in [0.25, 0.3) is 0 Å². The quantitative estimate of drug-likeness (QED) is 0.826. The molecule has 2 aliphatic heterocycles. The van der Waals surface area contributed by atoms with Crippen LogP contribution in [0.1, 0.15) is 37.7 Å². The number of carbonyl (C=O) groups is 1. The second-order valence-electron chi connectivity index (χ2n) is 6.97. The number of piperidine rings is 2. The molecule has 1 amide bonds. The Balaban J connectivity index is 1.59. The van der Waals surface area contributed by atoms with E-state index < -0.39 is 10.2 Å². The maximum Gasteiger partial charge on any atom is 0.281 e. The fourth-order valence-electron chi connectivity index (χ4n) is 3.59. The lowest BCUT2D eigenvalue weighted by atomic mass is 9.99. The molecule has 2 aliphatic rings. The lowest BCUT2D eigenvalue weighted by Crippen LogP contribution is -2.51. The Kier molecular flexibility index (Phi) is 6.55. The molecule has 8 heteroatoms. The highest BCUT2D eigenvalue weighted by Crippen LogP contribution is 2.24. The van der Waals surface area contributed by atoms with E-state index in [0.29, 0.717) is 44.0 Å². The van der Waals surface area contributed by atoms with Crippen molar-refractivity contribution < 1.29 is 13.2 Å². The molecule has 0 aliphatic carbocycles. The van der Waals surface area contributed by atoms with Crippen LogP contribution in [0.2, 0.25) is 5.02 Å². The van der Waals surface area contributed by atoms with Crippen LogP contribution in [-0.2, 0) is 21.5 Å². The van der Waals surface area contributed by atoms with E-state index in [1.807, 2.05) is 18.2 Å². The van der Waals surface area contributed by atoms with E-state index in [-0.39, 0.29) is 18.4 Å². The minimum absolute atomic E-state index is 0.108. The van der Waals surface area contributed by atoms with Crippen molar-refractivity contribution in [2.75, 3.05) is 26.2 Å². The zero-order chi connectivity index (χ0) is 18.6. The number of nitrogens with zero attached hydrogens (tertiary/aromatic N) is 2. The highest BCUT2D eigenvalue weighted by atomic mass is 35.5. The largest absolute Gasteiger partial charge is 0.352 e.